The minimum atomic E-state index is 0.753. The molecule has 1 atom stereocenters. The molecule has 1 aliphatic heterocycles. The first-order chi connectivity index (χ1) is 7.66. The Labute approximate surface area is 99.3 Å². The van der Waals surface area contributed by atoms with Crippen molar-refractivity contribution in [2.75, 3.05) is 19.6 Å². The molecule has 0 amide bonds. The fourth-order valence-corrected chi connectivity index (χ4v) is 2.76. The van der Waals surface area contributed by atoms with Gasteiger partial charge in [0.2, 0.25) is 0 Å². The van der Waals surface area contributed by atoms with Crippen molar-refractivity contribution in [1.29, 1.82) is 0 Å². The summed E-state index contributed by atoms with van der Waals surface area (Å²) in [6.45, 7) is 11.8. The topological polar surface area (TPSA) is 8.17 Å². The van der Waals surface area contributed by atoms with Crippen LogP contribution in [0.3, 0.4) is 0 Å². The predicted molar refractivity (Wildman–Crippen MR) is 68.7 cm³/mol. The highest BCUT2D eigenvalue weighted by molar-refractivity contribution is 5.13. The van der Waals surface area contributed by atoms with E-state index in [1.165, 1.54) is 50.4 Å². The van der Waals surface area contributed by atoms with Gasteiger partial charge in [0.05, 0.1) is 0 Å². The minimum Gasteiger partial charge on any atom is -0.349 e. The van der Waals surface area contributed by atoms with E-state index >= 15 is 0 Å². The number of hydrogen-bond acceptors (Lipinski definition) is 1. The Morgan fingerprint density at radius 3 is 2.19 bits per heavy atom. The van der Waals surface area contributed by atoms with Gasteiger partial charge in [-0.3, -0.25) is 0 Å². The summed E-state index contributed by atoms with van der Waals surface area (Å²) in [5, 5.41) is 0. The summed E-state index contributed by atoms with van der Waals surface area (Å²) in [6, 6.07) is 4.44. The quantitative estimate of drug-likeness (QED) is 0.757. The van der Waals surface area contributed by atoms with Crippen LogP contribution in [-0.2, 0) is 6.54 Å². The van der Waals surface area contributed by atoms with Crippen LogP contribution in [0.15, 0.2) is 12.1 Å². The highest BCUT2D eigenvalue weighted by atomic mass is 15.1. The van der Waals surface area contributed by atoms with E-state index in [0.717, 1.165) is 5.92 Å². The third-order valence-electron chi connectivity index (χ3n) is 3.68. The predicted octanol–water partition coefficient (Wildman–Crippen LogP) is 2.84. The second kappa shape index (κ2) is 5.05. The molecule has 1 aromatic heterocycles. The molecule has 0 radical (unpaired) electrons. The molecule has 1 aliphatic rings. The summed E-state index contributed by atoms with van der Waals surface area (Å²) in [7, 11) is 0. The van der Waals surface area contributed by atoms with E-state index in [2.05, 4.69) is 42.4 Å². The fourth-order valence-electron chi connectivity index (χ4n) is 2.76. The molecule has 1 saturated heterocycles. The lowest BCUT2D eigenvalue weighted by molar-refractivity contribution is 0.270. The second-order valence-electron chi connectivity index (χ2n) is 5.34. The van der Waals surface area contributed by atoms with Crippen molar-refractivity contribution in [2.45, 2.75) is 40.2 Å². The van der Waals surface area contributed by atoms with E-state index < -0.39 is 0 Å². The van der Waals surface area contributed by atoms with Crippen molar-refractivity contribution in [3.05, 3.63) is 23.5 Å². The van der Waals surface area contributed by atoms with E-state index in [1.54, 1.807) is 0 Å². The zero-order chi connectivity index (χ0) is 11.5. The number of aromatic nitrogens is 1. The van der Waals surface area contributed by atoms with Crippen molar-refractivity contribution in [3.8, 4) is 0 Å². The number of likely N-dealkylation sites (tertiary alicyclic amines) is 1. The molecule has 0 saturated carbocycles. The summed E-state index contributed by atoms with van der Waals surface area (Å²) in [6.07, 6.45) is 2.79. The van der Waals surface area contributed by atoms with Crippen LogP contribution >= 0.6 is 0 Å². The van der Waals surface area contributed by atoms with Crippen molar-refractivity contribution in [3.63, 3.8) is 0 Å². The van der Waals surface area contributed by atoms with Crippen LogP contribution in [0, 0.1) is 19.8 Å². The first kappa shape index (κ1) is 11.7. The Morgan fingerprint density at radius 2 is 1.62 bits per heavy atom. The molecular formula is C14H24N2. The Morgan fingerprint density at radius 1 is 1.06 bits per heavy atom. The fraction of sp³-hybridized carbons (Fsp3) is 0.714. The lowest BCUT2D eigenvalue weighted by Gasteiger charge is -2.22. The van der Waals surface area contributed by atoms with Gasteiger partial charge in [0.15, 0.2) is 0 Å². The molecule has 0 bridgehead atoms. The zero-order valence-electron chi connectivity index (χ0n) is 10.9. The van der Waals surface area contributed by atoms with Gasteiger partial charge in [-0.15, -0.1) is 0 Å². The lowest BCUT2D eigenvalue weighted by atomic mass is 10.1. The van der Waals surface area contributed by atoms with Gasteiger partial charge >= 0.3 is 0 Å². The molecule has 0 N–H and O–H groups in total. The van der Waals surface area contributed by atoms with E-state index in [0.29, 0.717) is 0 Å². The van der Waals surface area contributed by atoms with Crippen LogP contribution in [-0.4, -0.2) is 29.1 Å². The van der Waals surface area contributed by atoms with E-state index in [-0.39, 0.29) is 0 Å². The second-order valence-corrected chi connectivity index (χ2v) is 5.34. The molecule has 2 heterocycles. The maximum atomic E-state index is 2.61. The highest BCUT2D eigenvalue weighted by Crippen LogP contribution is 2.14. The average molecular weight is 220 g/mol. The molecule has 16 heavy (non-hydrogen) atoms. The van der Waals surface area contributed by atoms with Crippen molar-refractivity contribution < 1.29 is 0 Å². The smallest absolute Gasteiger partial charge is 0.0262 e. The van der Waals surface area contributed by atoms with Crippen LogP contribution in [0.1, 0.15) is 31.2 Å². The Bertz CT molecular complexity index is 315. The summed E-state index contributed by atoms with van der Waals surface area (Å²) in [5.74, 6) is 0.753. The lowest BCUT2D eigenvalue weighted by Crippen LogP contribution is -2.27. The van der Waals surface area contributed by atoms with Crippen molar-refractivity contribution in [1.82, 2.24) is 9.47 Å². The van der Waals surface area contributed by atoms with Gasteiger partial charge in [-0.05, 0) is 57.8 Å². The van der Waals surface area contributed by atoms with Gasteiger partial charge in [-0.25, -0.2) is 0 Å². The Balaban J connectivity index is 1.88. The summed E-state index contributed by atoms with van der Waals surface area (Å²) >= 11 is 0. The Kier molecular flexibility index (Phi) is 3.70. The molecule has 0 aliphatic carbocycles. The minimum absolute atomic E-state index is 0.753. The standard InChI is InChI=1S/C14H24N2/c1-12(10-15-8-4-5-9-15)11-16-13(2)6-7-14(16)3/h6-7,12H,4-5,8-11H2,1-3H3. The SMILES string of the molecule is Cc1ccc(C)n1CC(C)CN1CCCC1. The average Bonchev–Trinajstić information content (AvgIpc) is 2.83. The molecule has 1 aromatic rings. The maximum absolute atomic E-state index is 2.61. The molecule has 0 spiro atoms. The van der Waals surface area contributed by atoms with Crippen LogP contribution in [0.5, 0.6) is 0 Å². The molecule has 1 fully saturated rings. The zero-order valence-corrected chi connectivity index (χ0v) is 10.9. The van der Waals surface area contributed by atoms with Crippen LogP contribution in [0.2, 0.25) is 0 Å². The molecule has 2 nitrogen and oxygen atoms in total. The summed E-state index contributed by atoms with van der Waals surface area (Å²) < 4.78 is 2.45. The van der Waals surface area contributed by atoms with E-state index in [4.69, 9.17) is 0 Å². The number of nitrogens with zero attached hydrogens (tertiary/aromatic N) is 2. The monoisotopic (exact) mass is 220 g/mol. The maximum Gasteiger partial charge on any atom is 0.0262 e. The van der Waals surface area contributed by atoms with Gasteiger partial charge in [0, 0.05) is 24.5 Å². The third kappa shape index (κ3) is 2.67. The number of aryl methyl sites for hydroxylation is 2. The van der Waals surface area contributed by atoms with Crippen LogP contribution in [0.25, 0.3) is 0 Å². The first-order valence-electron chi connectivity index (χ1n) is 6.52. The van der Waals surface area contributed by atoms with Crippen LogP contribution < -0.4 is 0 Å². The number of hydrogen-bond donors (Lipinski definition) is 0. The molecule has 2 rings (SSSR count). The Hall–Kier alpha value is -0.760. The van der Waals surface area contributed by atoms with Gasteiger partial charge < -0.3 is 9.47 Å². The first-order valence-corrected chi connectivity index (χ1v) is 6.52. The third-order valence-corrected chi connectivity index (χ3v) is 3.68. The summed E-state index contributed by atoms with van der Waals surface area (Å²) in [5.41, 5.74) is 2.79. The largest absolute Gasteiger partial charge is 0.349 e. The molecule has 1 unspecified atom stereocenters. The van der Waals surface area contributed by atoms with Gasteiger partial charge in [0.1, 0.15) is 0 Å². The molecule has 0 aromatic carbocycles. The van der Waals surface area contributed by atoms with Crippen molar-refractivity contribution >= 4 is 0 Å². The van der Waals surface area contributed by atoms with Gasteiger partial charge in [-0.2, -0.15) is 0 Å². The molecular weight excluding hydrogens is 196 g/mol. The highest BCUT2D eigenvalue weighted by Gasteiger charge is 2.15. The summed E-state index contributed by atoms with van der Waals surface area (Å²) in [4.78, 5) is 2.61. The van der Waals surface area contributed by atoms with Gasteiger partial charge in [0.25, 0.3) is 0 Å². The van der Waals surface area contributed by atoms with Crippen molar-refractivity contribution in [2.24, 2.45) is 5.92 Å². The molecule has 90 valence electrons. The van der Waals surface area contributed by atoms with E-state index in [9.17, 15) is 0 Å². The number of rotatable bonds is 4. The van der Waals surface area contributed by atoms with Gasteiger partial charge in [-0.1, -0.05) is 6.92 Å². The van der Waals surface area contributed by atoms with Crippen LogP contribution in [0.4, 0.5) is 0 Å². The van der Waals surface area contributed by atoms with E-state index in [1.807, 2.05) is 0 Å². The molecule has 2 heteroatoms. The normalized spacial score (nSPS) is 19.2.